The summed E-state index contributed by atoms with van der Waals surface area (Å²) in [7, 11) is 3.03. The number of hydrogen-bond acceptors (Lipinski definition) is 7. The van der Waals surface area contributed by atoms with E-state index < -0.39 is 11.2 Å². The zero-order valence-electron chi connectivity index (χ0n) is 15.1. The van der Waals surface area contributed by atoms with Crippen molar-refractivity contribution in [2.75, 3.05) is 13.7 Å². The van der Waals surface area contributed by atoms with Crippen molar-refractivity contribution < 1.29 is 9.84 Å². The molecule has 11 heteroatoms. The third-order valence-corrected chi connectivity index (χ3v) is 4.40. The van der Waals surface area contributed by atoms with Gasteiger partial charge in [-0.25, -0.2) is 4.79 Å². The van der Waals surface area contributed by atoms with Crippen LogP contribution in [0.5, 0.6) is 5.88 Å². The zero-order valence-corrected chi connectivity index (χ0v) is 15.1. The molecule has 144 valence electrons. The smallest absolute Gasteiger partial charge is 0.329 e. The molecule has 0 saturated heterocycles. The van der Waals surface area contributed by atoms with Crippen LogP contribution in [-0.4, -0.2) is 42.9 Å². The van der Waals surface area contributed by atoms with Gasteiger partial charge in [0.25, 0.3) is 11.5 Å². The van der Waals surface area contributed by atoms with Crippen LogP contribution < -0.4 is 11.2 Å². The van der Waals surface area contributed by atoms with Gasteiger partial charge in [-0.15, -0.1) is 10.2 Å². The molecule has 0 bridgehead atoms. The number of nitrogens with one attached hydrogen (secondary N) is 2. The Kier molecular flexibility index (Phi) is 4.28. The fourth-order valence-corrected chi connectivity index (χ4v) is 3.00. The minimum absolute atomic E-state index is 0.114. The lowest BCUT2D eigenvalue weighted by atomic mass is 10.2. The highest BCUT2D eigenvalue weighted by molar-refractivity contribution is 5.94. The third-order valence-electron chi connectivity index (χ3n) is 4.40. The van der Waals surface area contributed by atoms with Crippen LogP contribution in [0.1, 0.15) is 0 Å². The summed E-state index contributed by atoms with van der Waals surface area (Å²) in [6.07, 6.45) is 0. The van der Waals surface area contributed by atoms with E-state index in [0.29, 0.717) is 17.5 Å². The van der Waals surface area contributed by atoms with E-state index >= 15 is 0 Å². The number of nitrogens with zero attached hydrogens (tertiary/aromatic N) is 5. The van der Waals surface area contributed by atoms with E-state index in [0.717, 1.165) is 0 Å². The van der Waals surface area contributed by atoms with Gasteiger partial charge in [-0.2, -0.15) is 4.98 Å². The van der Waals surface area contributed by atoms with Gasteiger partial charge < -0.3 is 14.8 Å². The van der Waals surface area contributed by atoms with Crippen LogP contribution in [0.4, 0.5) is 11.6 Å². The van der Waals surface area contributed by atoms with E-state index in [1.54, 1.807) is 12.1 Å². The van der Waals surface area contributed by atoms with Crippen molar-refractivity contribution in [3.8, 4) is 5.88 Å². The quantitative estimate of drug-likeness (QED) is 0.449. The number of hydrogen-bond donors (Lipinski definition) is 3. The third kappa shape index (κ3) is 2.77. The first-order chi connectivity index (χ1) is 13.5. The van der Waals surface area contributed by atoms with E-state index in [1.165, 1.54) is 23.3 Å². The van der Waals surface area contributed by atoms with E-state index in [9.17, 15) is 14.7 Å². The highest BCUT2D eigenvalue weighted by atomic mass is 16.5. The van der Waals surface area contributed by atoms with Crippen molar-refractivity contribution in [1.82, 2.24) is 24.1 Å². The molecule has 0 atom stereocenters. The molecule has 11 nitrogen and oxygen atoms in total. The van der Waals surface area contributed by atoms with Crippen molar-refractivity contribution in [3.63, 3.8) is 0 Å². The van der Waals surface area contributed by atoms with E-state index in [2.05, 4.69) is 25.2 Å². The number of fused-ring (bicyclic) bond motifs is 2. The van der Waals surface area contributed by atoms with Gasteiger partial charge >= 0.3 is 5.69 Å². The number of azo groups is 1. The fourth-order valence-electron chi connectivity index (χ4n) is 3.00. The Labute approximate surface area is 156 Å². The molecule has 4 aromatic rings. The van der Waals surface area contributed by atoms with Gasteiger partial charge in [0, 0.05) is 26.1 Å². The maximum absolute atomic E-state index is 12.3. The summed E-state index contributed by atoms with van der Waals surface area (Å²) in [6.45, 7) is 0.580. The number of aromatic hydroxyl groups is 1. The number of aryl methyl sites for hydroxylation is 1. The minimum atomic E-state index is -0.577. The van der Waals surface area contributed by atoms with Crippen molar-refractivity contribution in [2.24, 2.45) is 17.3 Å². The topological polar surface area (TPSA) is 143 Å². The molecule has 0 saturated carbocycles. The number of ether oxygens (including phenoxy) is 1. The molecule has 3 N–H and O–H groups in total. The minimum Gasteiger partial charge on any atom is -0.493 e. The lowest BCUT2D eigenvalue weighted by Gasteiger charge is -2.04. The Balaban J connectivity index is 1.90. The first kappa shape index (κ1) is 17.7. The van der Waals surface area contributed by atoms with Crippen LogP contribution in [0.25, 0.3) is 22.1 Å². The Hall–Kier alpha value is -3.73. The second kappa shape index (κ2) is 6.78. The van der Waals surface area contributed by atoms with Gasteiger partial charge in [0.2, 0.25) is 5.88 Å². The molecule has 28 heavy (non-hydrogen) atoms. The van der Waals surface area contributed by atoms with Gasteiger partial charge in [-0.05, 0) is 6.07 Å². The second-order valence-electron chi connectivity index (χ2n) is 6.11. The summed E-state index contributed by atoms with van der Waals surface area (Å²) >= 11 is 0. The summed E-state index contributed by atoms with van der Waals surface area (Å²) in [6, 6.07) is 7.24. The summed E-state index contributed by atoms with van der Waals surface area (Å²) in [5.74, 6) is -0.0156. The summed E-state index contributed by atoms with van der Waals surface area (Å²) in [4.78, 5) is 33.5. The van der Waals surface area contributed by atoms with Gasteiger partial charge in [0.05, 0.1) is 12.1 Å². The molecule has 3 heterocycles. The number of aromatic nitrogens is 5. The molecule has 3 aromatic heterocycles. The normalized spacial score (nSPS) is 11.9. The lowest BCUT2D eigenvalue weighted by molar-refractivity contribution is 0.188. The summed E-state index contributed by atoms with van der Waals surface area (Å²) < 4.78 is 7.84. The molecule has 4 rings (SSSR count). The molecule has 0 unspecified atom stereocenters. The highest BCUT2D eigenvalue weighted by Gasteiger charge is 2.18. The molecule has 0 fully saturated rings. The summed E-state index contributed by atoms with van der Waals surface area (Å²) in [5, 5.41) is 19.1. The van der Waals surface area contributed by atoms with Crippen molar-refractivity contribution in [1.29, 1.82) is 0 Å². The van der Waals surface area contributed by atoms with Gasteiger partial charge in [0.1, 0.15) is 0 Å². The molecular formula is C17H17N7O4. The zero-order chi connectivity index (χ0) is 19.8. The average Bonchev–Trinajstić information content (AvgIpc) is 3.20. The molecule has 0 aliphatic carbocycles. The number of H-pyrrole nitrogens is 2. The second-order valence-corrected chi connectivity index (χ2v) is 6.11. The number of imidazole rings is 1. The van der Waals surface area contributed by atoms with E-state index in [1.807, 2.05) is 12.1 Å². The van der Waals surface area contributed by atoms with Crippen molar-refractivity contribution >= 4 is 33.7 Å². The molecule has 0 amide bonds. The van der Waals surface area contributed by atoms with Crippen LogP contribution in [0.3, 0.4) is 0 Å². The van der Waals surface area contributed by atoms with Crippen LogP contribution >= 0.6 is 0 Å². The Morgan fingerprint density at radius 2 is 2.00 bits per heavy atom. The standard InChI is InChI=1S/C17H17N7O4/c1-23-13-12(15(26)20-17(23)27)24(7-8-28-2)16(19-13)22-21-11-9-5-3-4-6-10(9)18-14(11)25/h3-6,18,25H,7-8H2,1-2H3,(H,20,26,27). The first-order valence-corrected chi connectivity index (χ1v) is 8.41. The SMILES string of the molecule is COCCn1c(N=Nc2c(O)[nH]c3ccccc23)nc2c1c(=O)[nH]c(=O)n2C. The van der Waals surface area contributed by atoms with Gasteiger partial charge in [0.15, 0.2) is 16.9 Å². The number of methoxy groups -OCH3 is 1. The molecule has 0 aliphatic rings. The largest absolute Gasteiger partial charge is 0.493 e. The maximum Gasteiger partial charge on any atom is 0.329 e. The lowest BCUT2D eigenvalue weighted by Crippen LogP contribution is -2.29. The predicted octanol–water partition coefficient (Wildman–Crippen LogP) is 1.67. The Morgan fingerprint density at radius 1 is 1.21 bits per heavy atom. The number of para-hydroxylation sites is 1. The first-order valence-electron chi connectivity index (χ1n) is 8.41. The number of aromatic amines is 2. The molecular weight excluding hydrogens is 366 g/mol. The van der Waals surface area contributed by atoms with Crippen LogP contribution in [0.15, 0.2) is 44.1 Å². The van der Waals surface area contributed by atoms with Crippen molar-refractivity contribution in [3.05, 3.63) is 45.1 Å². The molecule has 0 spiro atoms. The number of benzene rings is 1. The Bertz CT molecular complexity index is 1330. The van der Waals surface area contributed by atoms with Crippen LogP contribution in [0, 0.1) is 0 Å². The van der Waals surface area contributed by atoms with E-state index in [-0.39, 0.29) is 35.2 Å². The fraction of sp³-hybridized carbons (Fsp3) is 0.235. The summed E-state index contributed by atoms with van der Waals surface area (Å²) in [5.41, 5.74) is 0.187. The molecule has 0 radical (unpaired) electrons. The number of rotatable bonds is 5. The van der Waals surface area contributed by atoms with Crippen molar-refractivity contribution in [2.45, 2.75) is 6.54 Å². The average molecular weight is 383 g/mol. The monoisotopic (exact) mass is 383 g/mol. The van der Waals surface area contributed by atoms with Gasteiger partial charge in [-0.1, -0.05) is 18.2 Å². The van der Waals surface area contributed by atoms with Crippen LogP contribution in [0.2, 0.25) is 0 Å². The molecule has 0 aliphatic heterocycles. The predicted molar refractivity (Wildman–Crippen MR) is 102 cm³/mol. The van der Waals surface area contributed by atoms with E-state index in [4.69, 9.17) is 4.74 Å². The molecule has 1 aromatic carbocycles. The van der Waals surface area contributed by atoms with Crippen LogP contribution in [-0.2, 0) is 18.3 Å². The Morgan fingerprint density at radius 3 is 2.79 bits per heavy atom. The highest BCUT2D eigenvalue weighted by Crippen LogP contribution is 2.36. The van der Waals surface area contributed by atoms with Gasteiger partial charge in [-0.3, -0.25) is 18.9 Å². The maximum atomic E-state index is 12.3.